The van der Waals surface area contributed by atoms with Crippen LogP contribution in [0.25, 0.3) is 11.1 Å². The molecule has 0 spiro atoms. The molecule has 2 N–H and O–H groups in total. The van der Waals surface area contributed by atoms with Gasteiger partial charge in [-0.15, -0.1) is 0 Å². The number of nitrogens with zero attached hydrogens (tertiary/aromatic N) is 1. The normalized spacial score (nSPS) is 12.3. The monoisotopic (exact) mass is 274 g/mol. The molecular formula is C15H18N2O3. The van der Waals surface area contributed by atoms with E-state index in [1.165, 1.54) is 4.57 Å². The molecule has 2 rings (SSSR count). The van der Waals surface area contributed by atoms with Crippen molar-refractivity contribution in [2.75, 3.05) is 0 Å². The Morgan fingerprint density at radius 1 is 1.30 bits per heavy atom. The van der Waals surface area contributed by atoms with Crippen LogP contribution in [0.3, 0.4) is 0 Å². The minimum absolute atomic E-state index is 0.142. The smallest absolute Gasteiger partial charge is 0.331 e. The summed E-state index contributed by atoms with van der Waals surface area (Å²) in [4.78, 5) is 26.2. The van der Waals surface area contributed by atoms with Gasteiger partial charge in [0.15, 0.2) is 0 Å². The van der Waals surface area contributed by atoms with Crippen molar-refractivity contribution in [3.05, 3.63) is 50.7 Å². The molecule has 0 saturated carbocycles. The summed E-state index contributed by atoms with van der Waals surface area (Å²) >= 11 is 0. The molecular weight excluding hydrogens is 256 g/mol. The zero-order valence-corrected chi connectivity index (χ0v) is 11.8. The van der Waals surface area contributed by atoms with Crippen LogP contribution in [0.4, 0.5) is 0 Å². The van der Waals surface area contributed by atoms with Crippen LogP contribution in [0.15, 0.2) is 33.9 Å². The van der Waals surface area contributed by atoms with Crippen molar-refractivity contribution < 1.29 is 5.11 Å². The first-order chi connectivity index (χ1) is 9.47. The lowest BCUT2D eigenvalue weighted by molar-refractivity contribution is 0.369. The molecule has 0 bridgehead atoms. The first-order valence-electron chi connectivity index (χ1n) is 6.61. The Bertz CT molecular complexity index is 744. The van der Waals surface area contributed by atoms with Gasteiger partial charge in [-0.25, -0.2) is 4.79 Å². The first kappa shape index (κ1) is 14.1. The second kappa shape index (κ2) is 5.36. The number of aromatic amines is 1. The quantitative estimate of drug-likeness (QED) is 0.900. The Hall–Kier alpha value is -2.30. The highest BCUT2D eigenvalue weighted by Gasteiger charge is 2.19. The molecule has 20 heavy (non-hydrogen) atoms. The molecule has 1 aromatic carbocycles. The van der Waals surface area contributed by atoms with E-state index in [1.807, 2.05) is 32.9 Å². The number of aromatic hydroxyl groups is 1. The highest BCUT2D eigenvalue weighted by molar-refractivity contribution is 5.70. The largest absolute Gasteiger partial charge is 0.494 e. The SMILES string of the molecule is CCC(C)n1c(O)c(-c2ccccc2C)c(=O)[nH]c1=O. The number of hydrogen-bond acceptors (Lipinski definition) is 3. The Balaban J connectivity index is 2.82. The number of nitrogens with one attached hydrogen (secondary N) is 1. The van der Waals surface area contributed by atoms with Crippen molar-refractivity contribution in [1.82, 2.24) is 9.55 Å². The van der Waals surface area contributed by atoms with E-state index in [-0.39, 0.29) is 17.5 Å². The molecule has 106 valence electrons. The highest BCUT2D eigenvalue weighted by Crippen LogP contribution is 2.28. The van der Waals surface area contributed by atoms with Gasteiger partial charge < -0.3 is 5.11 Å². The van der Waals surface area contributed by atoms with E-state index >= 15 is 0 Å². The van der Waals surface area contributed by atoms with Gasteiger partial charge in [0.1, 0.15) is 5.56 Å². The number of aryl methyl sites for hydroxylation is 1. The van der Waals surface area contributed by atoms with Gasteiger partial charge >= 0.3 is 5.69 Å². The predicted molar refractivity (Wildman–Crippen MR) is 78.2 cm³/mol. The third-order valence-electron chi connectivity index (χ3n) is 3.56. The van der Waals surface area contributed by atoms with E-state index in [2.05, 4.69) is 4.98 Å². The standard InChI is InChI=1S/C15H18N2O3/c1-4-10(3)17-14(19)12(13(18)16-15(17)20)11-8-6-5-7-9(11)2/h5-8,10,19H,4H2,1-3H3,(H,16,18,20). The van der Waals surface area contributed by atoms with Crippen LogP contribution in [0.1, 0.15) is 31.9 Å². The van der Waals surface area contributed by atoms with E-state index in [0.717, 1.165) is 5.56 Å². The fourth-order valence-corrected chi connectivity index (χ4v) is 2.23. The molecule has 5 nitrogen and oxygen atoms in total. The lowest BCUT2D eigenvalue weighted by Gasteiger charge is -2.17. The summed E-state index contributed by atoms with van der Waals surface area (Å²) < 4.78 is 1.23. The van der Waals surface area contributed by atoms with E-state index < -0.39 is 11.2 Å². The first-order valence-corrected chi connectivity index (χ1v) is 6.61. The zero-order valence-electron chi connectivity index (χ0n) is 11.8. The summed E-state index contributed by atoms with van der Waals surface area (Å²) in [7, 11) is 0. The average molecular weight is 274 g/mol. The van der Waals surface area contributed by atoms with Gasteiger partial charge in [0.25, 0.3) is 5.56 Å². The molecule has 0 radical (unpaired) electrons. The minimum Gasteiger partial charge on any atom is -0.494 e. The average Bonchev–Trinajstić information content (AvgIpc) is 2.40. The summed E-state index contributed by atoms with van der Waals surface area (Å²) in [6, 6.07) is 7.06. The Morgan fingerprint density at radius 2 is 1.95 bits per heavy atom. The summed E-state index contributed by atoms with van der Waals surface area (Å²) in [5, 5.41) is 10.4. The topological polar surface area (TPSA) is 75.1 Å². The number of rotatable bonds is 3. The maximum absolute atomic E-state index is 12.0. The summed E-state index contributed by atoms with van der Waals surface area (Å²) in [5.41, 5.74) is 0.481. The molecule has 0 saturated heterocycles. The molecule has 2 aromatic rings. The van der Waals surface area contributed by atoms with Gasteiger partial charge in [-0.05, 0) is 31.4 Å². The minimum atomic E-state index is -0.584. The third-order valence-corrected chi connectivity index (χ3v) is 3.56. The van der Waals surface area contributed by atoms with Gasteiger partial charge in [0.05, 0.1) is 0 Å². The molecule has 0 aliphatic rings. The molecule has 1 heterocycles. The van der Waals surface area contributed by atoms with E-state index in [4.69, 9.17) is 0 Å². The van der Waals surface area contributed by atoms with Crippen LogP contribution < -0.4 is 11.2 Å². The molecule has 0 amide bonds. The van der Waals surface area contributed by atoms with Gasteiger partial charge in [-0.1, -0.05) is 31.2 Å². The summed E-state index contributed by atoms with van der Waals surface area (Å²) in [6.07, 6.45) is 0.673. The lowest BCUT2D eigenvalue weighted by Crippen LogP contribution is -2.32. The molecule has 0 aliphatic carbocycles. The van der Waals surface area contributed by atoms with Gasteiger partial charge in [-0.3, -0.25) is 14.3 Å². The molecule has 1 atom stereocenters. The van der Waals surface area contributed by atoms with Gasteiger partial charge in [-0.2, -0.15) is 0 Å². The summed E-state index contributed by atoms with van der Waals surface area (Å²) in [5.74, 6) is -0.276. The van der Waals surface area contributed by atoms with Crippen molar-refractivity contribution in [2.24, 2.45) is 0 Å². The maximum Gasteiger partial charge on any atom is 0.331 e. The van der Waals surface area contributed by atoms with Crippen LogP contribution in [0, 0.1) is 6.92 Å². The summed E-state index contributed by atoms with van der Waals surface area (Å²) in [6.45, 7) is 5.59. The molecule has 1 aromatic heterocycles. The fraction of sp³-hybridized carbons (Fsp3) is 0.333. The van der Waals surface area contributed by atoms with Crippen molar-refractivity contribution in [1.29, 1.82) is 0 Å². The number of benzene rings is 1. The van der Waals surface area contributed by atoms with Gasteiger partial charge in [0.2, 0.25) is 5.88 Å². The van der Waals surface area contributed by atoms with Crippen LogP contribution in [-0.4, -0.2) is 14.7 Å². The fourth-order valence-electron chi connectivity index (χ4n) is 2.23. The number of aromatic nitrogens is 2. The third kappa shape index (κ3) is 2.27. The van der Waals surface area contributed by atoms with Crippen LogP contribution >= 0.6 is 0 Å². The second-order valence-corrected chi connectivity index (χ2v) is 4.90. The zero-order chi connectivity index (χ0) is 14.9. The van der Waals surface area contributed by atoms with E-state index in [1.54, 1.807) is 12.1 Å². The van der Waals surface area contributed by atoms with Crippen LogP contribution in [0.5, 0.6) is 5.88 Å². The van der Waals surface area contributed by atoms with Gasteiger partial charge in [0, 0.05) is 6.04 Å². The molecule has 5 heteroatoms. The van der Waals surface area contributed by atoms with Crippen LogP contribution in [0.2, 0.25) is 0 Å². The van der Waals surface area contributed by atoms with E-state index in [0.29, 0.717) is 12.0 Å². The maximum atomic E-state index is 12.0. The molecule has 0 aliphatic heterocycles. The van der Waals surface area contributed by atoms with Crippen LogP contribution in [-0.2, 0) is 0 Å². The lowest BCUT2D eigenvalue weighted by atomic mass is 10.0. The van der Waals surface area contributed by atoms with Crippen molar-refractivity contribution >= 4 is 0 Å². The predicted octanol–water partition coefficient (Wildman–Crippen LogP) is 2.19. The number of H-pyrrole nitrogens is 1. The van der Waals surface area contributed by atoms with Crippen molar-refractivity contribution in [2.45, 2.75) is 33.2 Å². The second-order valence-electron chi connectivity index (χ2n) is 4.90. The van der Waals surface area contributed by atoms with Crippen molar-refractivity contribution in [3.8, 4) is 17.0 Å². The Morgan fingerprint density at radius 3 is 2.55 bits per heavy atom. The number of hydrogen-bond donors (Lipinski definition) is 2. The molecule has 1 unspecified atom stereocenters. The van der Waals surface area contributed by atoms with Crippen molar-refractivity contribution in [3.63, 3.8) is 0 Å². The Kier molecular flexibility index (Phi) is 3.79. The Labute approximate surface area is 116 Å². The van der Waals surface area contributed by atoms with E-state index in [9.17, 15) is 14.7 Å². The molecule has 0 fully saturated rings. The highest BCUT2D eigenvalue weighted by atomic mass is 16.3.